The molecule has 0 saturated carbocycles. The average Bonchev–Trinajstić information content (AvgIpc) is 2.92. The van der Waals surface area contributed by atoms with Crippen molar-refractivity contribution in [3.63, 3.8) is 0 Å². The smallest absolute Gasteiger partial charge is 0.347 e. The molecule has 1 heterocycles. The summed E-state index contributed by atoms with van der Waals surface area (Å²) in [5, 5.41) is 10.5. The molecule has 2 aromatic carbocycles. The molecule has 0 fully saturated rings. The van der Waals surface area contributed by atoms with Gasteiger partial charge in [-0.15, -0.1) is 11.3 Å². The van der Waals surface area contributed by atoms with Crippen LogP contribution in [0.25, 0.3) is 10.1 Å². The zero-order chi connectivity index (χ0) is 18.1. The number of fused-ring (bicyclic) bond motifs is 1. The Labute approximate surface area is 155 Å². The molecule has 6 heteroatoms. The van der Waals surface area contributed by atoms with Crippen molar-refractivity contribution < 1.29 is 14.6 Å². The van der Waals surface area contributed by atoms with Crippen molar-refractivity contribution in [2.24, 2.45) is 0 Å². The average molecular weight is 373 g/mol. The Morgan fingerprint density at radius 1 is 1.20 bits per heavy atom. The van der Waals surface area contributed by atoms with Gasteiger partial charge in [0.15, 0.2) is 0 Å². The number of anilines is 1. The molecule has 0 aliphatic rings. The molecule has 25 heavy (non-hydrogen) atoms. The summed E-state index contributed by atoms with van der Waals surface area (Å²) in [4.78, 5) is 15.9. The quantitative estimate of drug-likeness (QED) is 0.671. The molecule has 1 aromatic heterocycles. The lowest BCUT2D eigenvalue weighted by Crippen LogP contribution is -2.07. The molecule has 0 saturated heterocycles. The van der Waals surface area contributed by atoms with Crippen molar-refractivity contribution in [1.82, 2.24) is 0 Å². The fraction of sp³-hybridized carbons (Fsp3) is 0.211. The number of ether oxygens (including phenoxy) is 1. The van der Waals surface area contributed by atoms with E-state index in [-0.39, 0.29) is 0 Å². The van der Waals surface area contributed by atoms with Gasteiger partial charge in [0.2, 0.25) is 0 Å². The first-order chi connectivity index (χ1) is 11.9. The third-order valence-electron chi connectivity index (χ3n) is 3.93. The van der Waals surface area contributed by atoms with Crippen molar-refractivity contribution in [1.29, 1.82) is 0 Å². The van der Waals surface area contributed by atoms with Crippen LogP contribution in [0.15, 0.2) is 46.2 Å². The molecule has 0 aliphatic carbocycles. The lowest BCUT2D eigenvalue weighted by molar-refractivity contribution is 0.0699. The van der Waals surface area contributed by atoms with Gasteiger partial charge >= 0.3 is 5.97 Å². The number of aromatic carboxylic acids is 1. The van der Waals surface area contributed by atoms with E-state index in [0.717, 1.165) is 36.9 Å². The van der Waals surface area contributed by atoms with Gasteiger partial charge in [-0.2, -0.15) is 0 Å². The molecule has 0 amide bonds. The molecule has 0 spiro atoms. The van der Waals surface area contributed by atoms with Crippen molar-refractivity contribution in [3.05, 3.63) is 46.8 Å². The Morgan fingerprint density at radius 2 is 1.88 bits per heavy atom. The molecule has 0 bridgehead atoms. The largest absolute Gasteiger partial charge is 0.496 e. The molecule has 4 nitrogen and oxygen atoms in total. The van der Waals surface area contributed by atoms with Crippen molar-refractivity contribution in [3.8, 4) is 5.75 Å². The highest BCUT2D eigenvalue weighted by atomic mass is 32.2. The third kappa shape index (κ3) is 3.45. The summed E-state index contributed by atoms with van der Waals surface area (Å²) in [6, 6.07) is 12.0. The number of aryl methyl sites for hydroxylation is 1. The molecule has 0 unspecified atom stereocenters. The second-order valence-electron chi connectivity index (χ2n) is 5.87. The predicted molar refractivity (Wildman–Crippen MR) is 105 cm³/mol. The minimum absolute atomic E-state index is 0.365. The van der Waals surface area contributed by atoms with Gasteiger partial charge in [0.25, 0.3) is 0 Å². The van der Waals surface area contributed by atoms with Crippen molar-refractivity contribution >= 4 is 44.8 Å². The maximum Gasteiger partial charge on any atom is 0.347 e. The molecule has 3 aromatic rings. The van der Waals surface area contributed by atoms with E-state index in [9.17, 15) is 9.90 Å². The maximum absolute atomic E-state index is 11.7. The molecule has 0 radical (unpaired) electrons. The van der Waals surface area contributed by atoms with Crippen LogP contribution in [0.3, 0.4) is 0 Å². The minimum atomic E-state index is -0.898. The number of benzene rings is 2. The number of methoxy groups -OCH3 is 1. The van der Waals surface area contributed by atoms with Crippen molar-refractivity contribution in [2.75, 3.05) is 26.1 Å². The molecule has 1 N–H and O–H groups in total. The molecule has 0 atom stereocenters. The van der Waals surface area contributed by atoms with Crippen LogP contribution in [0, 0.1) is 6.92 Å². The second-order valence-corrected chi connectivity index (χ2v) is 8.01. The van der Waals surface area contributed by atoms with Gasteiger partial charge in [-0.3, -0.25) is 0 Å². The van der Waals surface area contributed by atoms with E-state index in [1.807, 2.05) is 62.3 Å². The first-order valence-electron chi connectivity index (χ1n) is 7.70. The molecular weight excluding hydrogens is 354 g/mol. The number of thiophene rings is 1. The number of hydrogen-bond donors (Lipinski definition) is 1. The summed E-state index contributed by atoms with van der Waals surface area (Å²) in [7, 11) is 5.61. The first-order valence-corrected chi connectivity index (χ1v) is 9.33. The van der Waals surface area contributed by atoms with Gasteiger partial charge < -0.3 is 14.7 Å². The second kappa shape index (κ2) is 6.98. The maximum atomic E-state index is 11.7. The highest BCUT2D eigenvalue weighted by Crippen LogP contribution is 2.43. The molecule has 3 rings (SSSR count). The van der Waals surface area contributed by atoms with Crippen LogP contribution in [0.4, 0.5) is 5.69 Å². The monoisotopic (exact) mass is 373 g/mol. The number of carboxylic acid groups (broad SMARTS) is 1. The molecular formula is C19H19NO3S2. The van der Waals surface area contributed by atoms with Gasteiger partial charge in [-0.05, 0) is 48.9 Å². The standard InChI is InChI=1S/C19H19NO3S2/c1-11-9-16-14(10-15(11)23-4)17(18(25-16)19(21)22)24-13-7-5-12(6-8-13)20(2)3/h5-10H,1-4H3,(H,21,22). The van der Waals surface area contributed by atoms with E-state index >= 15 is 0 Å². The van der Waals surface area contributed by atoms with Crippen LogP contribution in [0.2, 0.25) is 0 Å². The Kier molecular flexibility index (Phi) is 4.92. The summed E-state index contributed by atoms with van der Waals surface area (Å²) in [5.74, 6) is -0.128. The van der Waals surface area contributed by atoms with E-state index in [4.69, 9.17) is 4.74 Å². The Morgan fingerprint density at radius 3 is 2.44 bits per heavy atom. The minimum Gasteiger partial charge on any atom is -0.496 e. The van der Waals surface area contributed by atoms with Gasteiger partial charge in [0.1, 0.15) is 10.6 Å². The van der Waals surface area contributed by atoms with Gasteiger partial charge in [0.05, 0.1) is 7.11 Å². The number of hydrogen-bond acceptors (Lipinski definition) is 5. The van der Waals surface area contributed by atoms with Crippen LogP contribution in [-0.4, -0.2) is 32.3 Å². The predicted octanol–water partition coefficient (Wildman–Crippen LogP) is 5.13. The van der Waals surface area contributed by atoms with Gasteiger partial charge in [-0.25, -0.2) is 4.79 Å². The Bertz CT molecular complexity index is 930. The van der Waals surface area contributed by atoms with Crippen LogP contribution in [0.5, 0.6) is 5.75 Å². The van der Waals surface area contributed by atoms with Crippen LogP contribution < -0.4 is 9.64 Å². The number of carbonyl (C=O) groups is 1. The fourth-order valence-corrected chi connectivity index (χ4v) is 4.89. The van der Waals surface area contributed by atoms with E-state index < -0.39 is 5.97 Å². The van der Waals surface area contributed by atoms with E-state index in [0.29, 0.717) is 4.88 Å². The lowest BCUT2D eigenvalue weighted by Gasteiger charge is -2.12. The molecule has 130 valence electrons. The summed E-state index contributed by atoms with van der Waals surface area (Å²) in [5.41, 5.74) is 2.11. The van der Waals surface area contributed by atoms with E-state index in [2.05, 4.69) is 0 Å². The zero-order valence-corrected chi connectivity index (χ0v) is 16.1. The van der Waals surface area contributed by atoms with Gasteiger partial charge in [0, 0.05) is 39.7 Å². The van der Waals surface area contributed by atoms with Crippen LogP contribution in [0.1, 0.15) is 15.2 Å². The normalized spacial score (nSPS) is 10.9. The topological polar surface area (TPSA) is 49.8 Å². The summed E-state index contributed by atoms with van der Waals surface area (Å²) in [6.07, 6.45) is 0. The fourth-order valence-electron chi connectivity index (χ4n) is 2.59. The SMILES string of the molecule is COc1cc2c(Sc3ccc(N(C)C)cc3)c(C(=O)O)sc2cc1C. The highest BCUT2D eigenvalue weighted by Gasteiger charge is 2.20. The Balaban J connectivity index is 2.09. The number of rotatable bonds is 5. The van der Waals surface area contributed by atoms with E-state index in [1.165, 1.54) is 23.1 Å². The molecule has 0 aliphatic heterocycles. The summed E-state index contributed by atoms with van der Waals surface area (Å²) >= 11 is 2.79. The van der Waals surface area contributed by atoms with Gasteiger partial charge in [-0.1, -0.05) is 11.8 Å². The van der Waals surface area contributed by atoms with Crippen LogP contribution >= 0.6 is 23.1 Å². The zero-order valence-electron chi connectivity index (χ0n) is 14.5. The van der Waals surface area contributed by atoms with Crippen LogP contribution in [-0.2, 0) is 0 Å². The number of carboxylic acids is 1. The summed E-state index contributed by atoms with van der Waals surface area (Å²) in [6.45, 7) is 1.96. The first kappa shape index (κ1) is 17.6. The lowest BCUT2D eigenvalue weighted by atomic mass is 10.1. The van der Waals surface area contributed by atoms with E-state index in [1.54, 1.807) is 7.11 Å². The number of nitrogens with zero attached hydrogens (tertiary/aromatic N) is 1. The summed E-state index contributed by atoms with van der Waals surface area (Å²) < 4.78 is 6.37. The Hall–Kier alpha value is -2.18. The highest BCUT2D eigenvalue weighted by molar-refractivity contribution is 7.99. The third-order valence-corrected chi connectivity index (χ3v) is 6.33. The van der Waals surface area contributed by atoms with Crippen molar-refractivity contribution in [2.45, 2.75) is 16.7 Å².